The van der Waals surface area contributed by atoms with E-state index in [0.29, 0.717) is 28.8 Å². The third-order valence-corrected chi connectivity index (χ3v) is 7.38. The lowest BCUT2D eigenvalue weighted by molar-refractivity contribution is -0.129. The standard InChI is InChI=1S/C24H31N5O3S/c1-4-12-29-20-21(26(2)24(32)27(3)22(20)31)25-23(29)33-16-19(30)28-13-10-18(11-14-28)15-17-8-6-5-7-9-17/h5-9,18H,4,10-16H2,1-3H3. The molecule has 0 radical (unpaired) electrons. The van der Waals surface area contributed by atoms with Crippen LogP contribution in [0.2, 0.25) is 0 Å². The van der Waals surface area contributed by atoms with E-state index in [0.717, 1.165) is 43.3 Å². The molecule has 9 heteroatoms. The van der Waals surface area contributed by atoms with E-state index >= 15 is 0 Å². The molecule has 0 spiro atoms. The average Bonchev–Trinajstić information content (AvgIpc) is 3.19. The van der Waals surface area contributed by atoms with Crippen LogP contribution in [0.4, 0.5) is 0 Å². The van der Waals surface area contributed by atoms with Gasteiger partial charge in [-0.05, 0) is 37.2 Å². The van der Waals surface area contributed by atoms with Crippen molar-refractivity contribution in [2.24, 2.45) is 20.0 Å². The molecule has 0 atom stereocenters. The molecule has 3 aromatic rings. The van der Waals surface area contributed by atoms with Gasteiger partial charge in [0, 0.05) is 33.7 Å². The van der Waals surface area contributed by atoms with Gasteiger partial charge in [0.15, 0.2) is 16.3 Å². The number of fused-ring (bicyclic) bond motifs is 1. The molecule has 1 aromatic carbocycles. The van der Waals surface area contributed by atoms with Crippen molar-refractivity contribution in [3.63, 3.8) is 0 Å². The van der Waals surface area contributed by atoms with Crippen molar-refractivity contribution < 1.29 is 4.79 Å². The topological polar surface area (TPSA) is 82.1 Å². The van der Waals surface area contributed by atoms with E-state index in [9.17, 15) is 14.4 Å². The number of likely N-dealkylation sites (tertiary alicyclic amines) is 1. The number of rotatable bonds is 7. The Hall–Kier alpha value is -2.81. The molecular weight excluding hydrogens is 438 g/mol. The first-order chi connectivity index (χ1) is 15.9. The number of nitrogens with zero attached hydrogens (tertiary/aromatic N) is 5. The van der Waals surface area contributed by atoms with Crippen molar-refractivity contribution in [2.75, 3.05) is 18.8 Å². The van der Waals surface area contributed by atoms with Crippen LogP contribution in [-0.2, 0) is 31.9 Å². The lowest BCUT2D eigenvalue weighted by Gasteiger charge is -2.32. The summed E-state index contributed by atoms with van der Waals surface area (Å²) in [5.74, 6) is 0.968. The van der Waals surface area contributed by atoms with Gasteiger partial charge in [-0.3, -0.25) is 18.7 Å². The molecular formula is C24H31N5O3S. The van der Waals surface area contributed by atoms with E-state index in [1.807, 2.05) is 22.5 Å². The van der Waals surface area contributed by atoms with Crippen LogP contribution in [0.1, 0.15) is 31.7 Å². The minimum atomic E-state index is -0.403. The fraction of sp³-hybridized carbons (Fsp3) is 0.500. The normalized spacial score (nSPS) is 14.8. The van der Waals surface area contributed by atoms with Crippen LogP contribution in [0.3, 0.4) is 0 Å². The van der Waals surface area contributed by atoms with Gasteiger partial charge in [-0.2, -0.15) is 0 Å². The highest BCUT2D eigenvalue weighted by Gasteiger charge is 2.24. The minimum absolute atomic E-state index is 0.0926. The Balaban J connectivity index is 1.43. The first-order valence-corrected chi connectivity index (χ1v) is 12.5. The van der Waals surface area contributed by atoms with Crippen LogP contribution in [0.5, 0.6) is 0 Å². The Morgan fingerprint density at radius 1 is 1.09 bits per heavy atom. The van der Waals surface area contributed by atoms with E-state index in [1.165, 1.54) is 28.9 Å². The van der Waals surface area contributed by atoms with E-state index in [1.54, 1.807) is 7.05 Å². The summed E-state index contributed by atoms with van der Waals surface area (Å²) in [6, 6.07) is 10.5. The van der Waals surface area contributed by atoms with Gasteiger partial charge in [0.25, 0.3) is 5.56 Å². The number of carbonyl (C=O) groups excluding carboxylic acids is 1. The summed E-state index contributed by atoms with van der Waals surface area (Å²) < 4.78 is 4.35. The summed E-state index contributed by atoms with van der Waals surface area (Å²) >= 11 is 1.34. The van der Waals surface area contributed by atoms with Crippen LogP contribution in [-0.4, -0.2) is 48.3 Å². The number of amides is 1. The Morgan fingerprint density at radius 2 is 1.79 bits per heavy atom. The van der Waals surface area contributed by atoms with Crippen molar-refractivity contribution in [3.8, 4) is 0 Å². The van der Waals surface area contributed by atoms with Crippen molar-refractivity contribution >= 4 is 28.8 Å². The summed E-state index contributed by atoms with van der Waals surface area (Å²) in [4.78, 5) is 44.5. The predicted octanol–water partition coefficient (Wildman–Crippen LogP) is 2.42. The molecule has 3 heterocycles. The summed E-state index contributed by atoms with van der Waals surface area (Å²) in [6.45, 7) is 4.18. The van der Waals surface area contributed by atoms with Gasteiger partial charge in [-0.25, -0.2) is 9.78 Å². The quantitative estimate of drug-likeness (QED) is 0.497. The number of piperidine rings is 1. The zero-order chi connectivity index (χ0) is 23.5. The summed E-state index contributed by atoms with van der Waals surface area (Å²) in [7, 11) is 3.09. The molecule has 1 saturated heterocycles. The molecule has 176 valence electrons. The van der Waals surface area contributed by atoms with E-state index in [2.05, 4.69) is 29.2 Å². The summed E-state index contributed by atoms with van der Waals surface area (Å²) in [5, 5.41) is 0.609. The zero-order valence-electron chi connectivity index (χ0n) is 19.5. The van der Waals surface area contributed by atoms with E-state index < -0.39 is 5.69 Å². The van der Waals surface area contributed by atoms with Gasteiger partial charge in [-0.1, -0.05) is 49.0 Å². The highest BCUT2D eigenvalue weighted by Crippen LogP contribution is 2.25. The largest absolute Gasteiger partial charge is 0.342 e. The van der Waals surface area contributed by atoms with Gasteiger partial charge >= 0.3 is 5.69 Å². The highest BCUT2D eigenvalue weighted by molar-refractivity contribution is 7.99. The predicted molar refractivity (Wildman–Crippen MR) is 131 cm³/mol. The highest BCUT2D eigenvalue weighted by atomic mass is 32.2. The number of benzene rings is 1. The molecule has 1 fully saturated rings. The maximum absolute atomic E-state index is 12.9. The molecule has 0 bridgehead atoms. The molecule has 0 N–H and O–H groups in total. The second kappa shape index (κ2) is 9.99. The molecule has 33 heavy (non-hydrogen) atoms. The molecule has 0 saturated carbocycles. The van der Waals surface area contributed by atoms with Crippen LogP contribution < -0.4 is 11.2 Å². The third-order valence-electron chi connectivity index (χ3n) is 6.42. The molecule has 2 aromatic heterocycles. The second-order valence-electron chi connectivity index (χ2n) is 8.73. The molecule has 0 aliphatic carbocycles. The summed E-state index contributed by atoms with van der Waals surface area (Å²) in [5.41, 5.74) is 1.38. The maximum Gasteiger partial charge on any atom is 0.332 e. The number of aryl methyl sites for hydroxylation is 2. The van der Waals surface area contributed by atoms with Gasteiger partial charge in [0.1, 0.15) is 0 Å². The number of hydrogen-bond acceptors (Lipinski definition) is 5. The van der Waals surface area contributed by atoms with Crippen molar-refractivity contribution in [3.05, 3.63) is 56.7 Å². The van der Waals surface area contributed by atoms with Gasteiger partial charge in [0.2, 0.25) is 5.91 Å². The first-order valence-electron chi connectivity index (χ1n) is 11.5. The smallest absolute Gasteiger partial charge is 0.332 e. The average molecular weight is 470 g/mol. The molecule has 8 nitrogen and oxygen atoms in total. The first kappa shape index (κ1) is 23.4. The Morgan fingerprint density at radius 3 is 2.45 bits per heavy atom. The minimum Gasteiger partial charge on any atom is -0.342 e. The van der Waals surface area contributed by atoms with Gasteiger partial charge < -0.3 is 9.47 Å². The zero-order valence-corrected chi connectivity index (χ0v) is 20.3. The molecule has 1 aliphatic rings. The van der Waals surface area contributed by atoms with Gasteiger partial charge in [-0.15, -0.1) is 0 Å². The SMILES string of the molecule is CCCn1c(SCC(=O)N2CCC(Cc3ccccc3)CC2)nc2c1c(=O)n(C)c(=O)n2C. The van der Waals surface area contributed by atoms with Gasteiger partial charge in [0.05, 0.1) is 5.75 Å². The molecule has 4 rings (SSSR count). The number of carbonyl (C=O) groups is 1. The monoisotopic (exact) mass is 469 g/mol. The fourth-order valence-corrected chi connectivity index (χ4v) is 5.44. The van der Waals surface area contributed by atoms with Crippen LogP contribution in [0.25, 0.3) is 11.2 Å². The Labute approximate surface area is 197 Å². The maximum atomic E-state index is 12.9. The van der Waals surface area contributed by atoms with Crippen molar-refractivity contribution in [2.45, 2.75) is 44.3 Å². The number of thioether (sulfide) groups is 1. The summed E-state index contributed by atoms with van der Waals surface area (Å²) in [6.07, 6.45) is 3.90. The molecule has 0 unspecified atom stereocenters. The number of imidazole rings is 1. The fourth-order valence-electron chi connectivity index (χ4n) is 4.52. The van der Waals surface area contributed by atoms with Crippen LogP contribution >= 0.6 is 11.8 Å². The van der Waals surface area contributed by atoms with Crippen molar-refractivity contribution in [1.29, 1.82) is 0 Å². The third kappa shape index (κ3) is 4.78. The molecule has 1 amide bonds. The number of hydrogen-bond donors (Lipinski definition) is 0. The lowest BCUT2D eigenvalue weighted by atomic mass is 9.90. The molecule has 1 aliphatic heterocycles. The van der Waals surface area contributed by atoms with Crippen molar-refractivity contribution in [1.82, 2.24) is 23.6 Å². The Bertz CT molecular complexity index is 1250. The lowest BCUT2D eigenvalue weighted by Crippen LogP contribution is -2.39. The Kier molecular flexibility index (Phi) is 7.07. The van der Waals surface area contributed by atoms with E-state index in [4.69, 9.17) is 0 Å². The second-order valence-corrected chi connectivity index (χ2v) is 9.67. The number of aromatic nitrogens is 4. The van der Waals surface area contributed by atoms with E-state index in [-0.39, 0.29) is 17.2 Å². The van der Waals surface area contributed by atoms with Crippen LogP contribution in [0, 0.1) is 5.92 Å². The van der Waals surface area contributed by atoms with Crippen LogP contribution in [0.15, 0.2) is 45.1 Å².